The first-order valence-electron chi connectivity index (χ1n) is 8.27. The summed E-state index contributed by atoms with van der Waals surface area (Å²) in [6.07, 6.45) is 2.29. The third kappa shape index (κ3) is 2.97. The van der Waals surface area contributed by atoms with E-state index in [9.17, 15) is 5.11 Å². The number of hydrogen-bond donors (Lipinski definition) is 3. The Kier molecular flexibility index (Phi) is 4.00. The predicted octanol–water partition coefficient (Wildman–Crippen LogP) is 2.98. The van der Waals surface area contributed by atoms with Crippen LogP contribution in [0.5, 0.6) is 5.75 Å². The monoisotopic (exact) mass is 350 g/mol. The van der Waals surface area contributed by atoms with Gasteiger partial charge in [-0.05, 0) is 38.0 Å². The number of benzene rings is 1. The maximum Gasteiger partial charge on any atom is 0.183 e. The molecule has 8 heteroatoms. The second-order valence-electron chi connectivity index (χ2n) is 6.05. The number of nitrogens with one attached hydrogen (secondary N) is 2. The van der Waals surface area contributed by atoms with Gasteiger partial charge in [-0.3, -0.25) is 0 Å². The number of hydrogen-bond acceptors (Lipinski definition) is 7. The first kappa shape index (κ1) is 16.1. The lowest BCUT2D eigenvalue weighted by atomic mass is 10.1. The number of phenols is 1. The van der Waals surface area contributed by atoms with Crippen molar-refractivity contribution in [3.8, 4) is 17.1 Å². The van der Waals surface area contributed by atoms with E-state index < -0.39 is 0 Å². The maximum atomic E-state index is 9.34. The average Bonchev–Trinajstić information content (AvgIpc) is 3.20. The summed E-state index contributed by atoms with van der Waals surface area (Å²) in [5.41, 5.74) is 4.08. The SMILES string of the molecule is Cc1noc(C)c1-c1nc2ncnc(NCCc3ccc(O)cc3)c2[nH]1. The highest BCUT2D eigenvalue weighted by Gasteiger charge is 2.17. The molecule has 0 aliphatic rings. The second kappa shape index (κ2) is 6.47. The van der Waals surface area contributed by atoms with Crippen molar-refractivity contribution in [1.29, 1.82) is 0 Å². The number of nitrogens with zero attached hydrogens (tertiary/aromatic N) is 4. The molecule has 0 amide bonds. The van der Waals surface area contributed by atoms with Crippen LogP contribution in [0.4, 0.5) is 5.82 Å². The standard InChI is InChI=1S/C18H18N6O2/c1-10-14(11(2)26-24-10)16-22-15-17(20-9-21-18(15)23-16)19-8-7-12-3-5-13(25)6-4-12/h3-6,9,25H,7-8H2,1-2H3,(H2,19,20,21,22,23). The molecule has 0 saturated carbocycles. The van der Waals surface area contributed by atoms with Crippen LogP contribution in [0.1, 0.15) is 17.0 Å². The van der Waals surface area contributed by atoms with E-state index in [2.05, 4.69) is 30.4 Å². The minimum Gasteiger partial charge on any atom is -0.508 e. The lowest BCUT2D eigenvalue weighted by molar-refractivity contribution is 0.393. The van der Waals surface area contributed by atoms with Crippen LogP contribution in [0.15, 0.2) is 35.1 Å². The number of aromatic hydroxyl groups is 1. The molecule has 3 heterocycles. The van der Waals surface area contributed by atoms with Crippen molar-refractivity contribution in [1.82, 2.24) is 25.1 Å². The molecule has 4 rings (SSSR count). The molecule has 3 N–H and O–H groups in total. The summed E-state index contributed by atoms with van der Waals surface area (Å²) in [5.74, 6) is 2.33. The van der Waals surface area contributed by atoms with E-state index >= 15 is 0 Å². The van der Waals surface area contributed by atoms with Crippen LogP contribution in [-0.4, -0.2) is 36.7 Å². The third-order valence-corrected chi connectivity index (χ3v) is 4.20. The molecule has 0 fully saturated rings. The van der Waals surface area contributed by atoms with E-state index in [4.69, 9.17) is 4.52 Å². The summed E-state index contributed by atoms with van der Waals surface area (Å²) in [5, 5.41) is 16.6. The Morgan fingerprint density at radius 3 is 2.69 bits per heavy atom. The predicted molar refractivity (Wildman–Crippen MR) is 97.0 cm³/mol. The van der Waals surface area contributed by atoms with Crippen LogP contribution in [0.3, 0.4) is 0 Å². The normalized spacial score (nSPS) is 11.2. The molecule has 3 aromatic heterocycles. The summed E-state index contributed by atoms with van der Waals surface area (Å²) >= 11 is 0. The minimum atomic E-state index is 0.267. The number of imidazole rings is 1. The molecule has 0 saturated heterocycles. The third-order valence-electron chi connectivity index (χ3n) is 4.20. The Bertz CT molecular complexity index is 1030. The van der Waals surface area contributed by atoms with Gasteiger partial charge >= 0.3 is 0 Å². The maximum absolute atomic E-state index is 9.34. The van der Waals surface area contributed by atoms with Crippen LogP contribution in [0, 0.1) is 13.8 Å². The molecule has 0 radical (unpaired) electrons. The smallest absolute Gasteiger partial charge is 0.183 e. The van der Waals surface area contributed by atoms with Crippen LogP contribution in [0.2, 0.25) is 0 Å². The van der Waals surface area contributed by atoms with Crippen molar-refractivity contribution in [3.63, 3.8) is 0 Å². The summed E-state index contributed by atoms with van der Waals surface area (Å²) in [7, 11) is 0. The fraction of sp³-hybridized carbons (Fsp3) is 0.222. The molecular weight excluding hydrogens is 332 g/mol. The molecule has 0 unspecified atom stereocenters. The summed E-state index contributed by atoms with van der Waals surface area (Å²) in [6, 6.07) is 7.17. The topological polar surface area (TPSA) is 113 Å². The van der Waals surface area contributed by atoms with Crippen molar-refractivity contribution in [2.45, 2.75) is 20.3 Å². The van der Waals surface area contributed by atoms with Crippen LogP contribution >= 0.6 is 0 Å². The molecule has 132 valence electrons. The molecule has 4 aromatic rings. The average molecular weight is 350 g/mol. The highest BCUT2D eigenvalue weighted by atomic mass is 16.5. The van der Waals surface area contributed by atoms with Gasteiger partial charge in [0.05, 0.1) is 11.3 Å². The van der Waals surface area contributed by atoms with Crippen molar-refractivity contribution < 1.29 is 9.63 Å². The Morgan fingerprint density at radius 2 is 1.96 bits per heavy atom. The lowest BCUT2D eigenvalue weighted by Crippen LogP contribution is -2.07. The van der Waals surface area contributed by atoms with Gasteiger partial charge < -0.3 is 19.9 Å². The Balaban J connectivity index is 1.57. The largest absolute Gasteiger partial charge is 0.508 e. The summed E-state index contributed by atoms with van der Waals surface area (Å²) < 4.78 is 5.22. The number of H-pyrrole nitrogens is 1. The quantitative estimate of drug-likeness (QED) is 0.507. The molecular formula is C18H18N6O2. The Labute approximate surface area is 149 Å². The molecule has 0 aliphatic heterocycles. The van der Waals surface area contributed by atoms with Gasteiger partial charge in [0, 0.05) is 6.54 Å². The minimum absolute atomic E-state index is 0.267. The van der Waals surface area contributed by atoms with Crippen molar-refractivity contribution in [2.24, 2.45) is 0 Å². The Morgan fingerprint density at radius 1 is 1.15 bits per heavy atom. The molecule has 1 aromatic carbocycles. The van der Waals surface area contributed by atoms with Crippen molar-refractivity contribution in [3.05, 3.63) is 47.6 Å². The van der Waals surface area contributed by atoms with Gasteiger partial charge in [0.15, 0.2) is 11.5 Å². The van der Waals surface area contributed by atoms with E-state index in [0.29, 0.717) is 29.6 Å². The van der Waals surface area contributed by atoms with Gasteiger partial charge in [0.1, 0.15) is 29.2 Å². The fourth-order valence-corrected chi connectivity index (χ4v) is 2.89. The first-order chi connectivity index (χ1) is 12.6. The zero-order chi connectivity index (χ0) is 18.1. The van der Waals surface area contributed by atoms with Crippen LogP contribution in [0.25, 0.3) is 22.6 Å². The first-order valence-corrected chi connectivity index (χ1v) is 8.27. The van der Waals surface area contributed by atoms with Crippen molar-refractivity contribution >= 4 is 17.0 Å². The van der Waals surface area contributed by atoms with Crippen LogP contribution < -0.4 is 5.32 Å². The number of rotatable bonds is 5. The van der Waals surface area contributed by atoms with Gasteiger partial charge in [0.25, 0.3) is 0 Å². The zero-order valence-corrected chi connectivity index (χ0v) is 14.4. The van der Waals surface area contributed by atoms with Gasteiger partial charge in [-0.1, -0.05) is 17.3 Å². The number of phenolic OH excluding ortho intramolecular Hbond substituents is 1. The number of aryl methyl sites for hydroxylation is 2. The Hall–Kier alpha value is -3.42. The molecule has 0 aliphatic carbocycles. The molecule has 0 bridgehead atoms. The fourth-order valence-electron chi connectivity index (χ4n) is 2.89. The number of anilines is 1. The van der Waals surface area contributed by atoms with Gasteiger partial charge in [-0.2, -0.15) is 0 Å². The summed E-state index contributed by atoms with van der Waals surface area (Å²) in [6.45, 7) is 4.42. The summed E-state index contributed by atoms with van der Waals surface area (Å²) in [4.78, 5) is 16.4. The van der Waals surface area contributed by atoms with Gasteiger partial charge in [-0.15, -0.1) is 0 Å². The molecule has 0 spiro atoms. The number of fused-ring (bicyclic) bond motifs is 1. The molecule has 26 heavy (non-hydrogen) atoms. The van der Waals surface area contributed by atoms with Crippen LogP contribution in [-0.2, 0) is 6.42 Å². The van der Waals surface area contributed by atoms with Crippen molar-refractivity contribution in [2.75, 3.05) is 11.9 Å². The van der Waals surface area contributed by atoms with Gasteiger partial charge in [0.2, 0.25) is 0 Å². The van der Waals surface area contributed by atoms with E-state index in [1.807, 2.05) is 26.0 Å². The highest BCUT2D eigenvalue weighted by Crippen LogP contribution is 2.27. The molecule has 8 nitrogen and oxygen atoms in total. The zero-order valence-electron chi connectivity index (χ0n) is 14.4. The van der Waals surface area contributed by atoms with E-state index in [1.54, 1.807) is 12.1 Å². The number of aromatic amines is 1. The number of aromatic nitrogens is 5. The van der Waals surface area contributed by atoms with E-state index in [1.165, 1.54) is 6.33 Å². The molecule has 0 atom stereocenters. The lowest BCUT2D eigenvalue weighted by Gasteiger charge is -2.06. The van der Waals surface area contributed by atoms with E-state index in [0.717, 1.165) is 28.8 Å². The van der Waals surface area contributed by atoms with Gasteiger partial charge in [-0.25, -0.2) is 15.0 Å². The van der Waals surface area contributed by atoms with E-state index in [-0.39, 0.29) is 5.75 Å². The second-order valence-corrected chi connectivity index (χ2v) is 6.05. The highest BCUT2D eigenvalue weighted by molar-refractivity contribution is 5.85.